The molecule has 1 aliphatic rings. The second kappa shape index (κ2) is 7.40. The molecule has 0 aliphatic heterocycles. The topological polar surface area (TPSA) is 72.5 Å². The zero-order valence-electron chi connectivity index (χ0n) is 13.0. The van der Waals surface area contributed by atoms with E-state index >= 15 is 0 Å². The van der Waals surface area contributed by atoms with Crippen LogP contribution in [0, 0.1) is 0 Å². The molecule has 1 heterocycles. The maximum Gasteiger partial charge on any atom is 0.325 e. The van der Waals surface area contributed by atoms with Crippen LogP contribution in [0.3, 0.4) is 0 Å². The zero-order valence-corrected chi connectivity index (χ0v) is 13.9. The summed E-state index contributed by atoms with van der Waals surface area (Å²) in [6.07, 6.45) is 3.17. The first kappa shape index (κ1) is 16.4. The number of nitrogens with one attached hydrogen (secondary N) is 1. The molecule has 0 radical (unpaired) electrons. The lowest BCUT2D eigenvalue weighted by Crippen LogP contribution is -2.31. The van der Waals surface area contributed by atoms with Crippen LogP contribution >= 0.6 is 11.3 Å². The Bertz CT molecular complexity index is 767. The molecular weight excluding hydrogens is 326 g/mol. The summed E-state index contributed by atoms with van der Waals surface area (Å²) in [6.45, 7) is -0.569. The fourth-order valence-electron chi connectivity index (χ4n) is 2.67. The molecule has 0 bridgehead atoms. The molecule has 3 rings (SSSR count). The number of benzene rings is 1. The van der Waals surface area contributed by atoms with Crippen LogP contribution in [0.15, 0.2) is 35.7 Å². The summed E-state index contributed by atoms with van der Waals surface area (Å²) in [7, 11) is 0. The van der Waals surface area contributed by atoms with E-state index in [0.29, 0.717) is 10.4 Å². The number of amides is 1. The summed E-state index contributed by atoms with van der Waals surface area (Å²) in [5.74, 6) is -1.19. The van der Waals surface area contributed by atoms with Crippen LogP contribution in [0.1, 0.15) is 37.6 Å². The van der Waals surface area contributed by atoms with Crippen molar-refractivity contribution in [3.8, 4) is 0 Å². The normalized spacial score (nSPS) is 12.5. The van der Waals surface area contributed by atoms with E-state index < -0.39 is 5.97 Å². The molecule has 1 amide bonds. The first-order valence-electron chi connectivity index (χ1n) is 7.76. The smallest absolute Gasteiger partial charge is 0.325 e. The highest BCUT2D eigenvalue weighted by atomic mass is 32.1. The molecule has 0 unspecified atom stereocenters. The molecule has 1 aliphatic carbocycles. The molecule has 6 heteroatoms. The Morgan fingerprint density at radius 1 is 1.12 bits per heavy atom. The van der Waals surface area contributed by atoms with Crippen molar-refractivity contribution in [2.45, 2.75) is 19.3 Å². The van der Waals surface area contributed by atoms with Crippen molar-refractivity contribution < 1.29 is 19.1 Å². The summed E-state index contributed by atoms with van der Waals surface area (Å²) in [5.41, 5.74) is 3.06. The Morgan fingerprint density at radius 3 is 2.75 bits per heavy atom. The van der Waals surface area contributed by atoms with Gasteiger partial charge in [-0.05, 0) is 47.9 Å². The number of carbonyl (C=O) groups is 3. The first-order valence-corrected chi connectivity index (χ1v) is 8.64. The minimum Gasteiger partial charge on any atom is -0.456 e. The van der Waals surface area contributed by atoms with Crippen LogP contribution in [-0.2, 0) is 22.4 Å². The number of hydrogen-bond acceptors (Lipinski definition) is 5. The molecule has 0 saturated carbocycles. The Morgan fingerprint density at radius 2 is 1.96 bits per heavy atom. The summed E-state index contributed by atoms with van der Waals surface area (Å²) in [5, 5.41) is 4.25. The molecule has 0 atom stereocenters. The molecule has 1 aromatic carbocycles. The van der Waals surface area contributed by atoms with Crippen molar-refractivity contribution in [2.75, 3.05) is 13.2 Å². The highest BCUT2D eigenvalue weighted by molar-refractivity contribution is 7.12. The number of fused-ring (bicyclic) bond motifs is 1. The van der Waals surface area contributed by atoms with E-state index in [4.69, 9.17) is 4.74 Å². The van der Waals surface area contributed by atoms with Crippen molar-refractivity contribution in [1.82, 2.24) is 5.32 Å². The summed E-state index contributed by atoms with van der Waals surface area (Å²) < 4.78 is 4.95. The number of hydrogen-bond donors (Lipinski definition) is 1. The van der Waals surface area contributed by atoms with Crippen molar-refractivity contribution in [1.29, 1.82) is 0 Å². The Labute approximate surface area is 143 Å². The van der Waals surface area contributed by atoms with Gasteiger partial charge in [-0.3, -0.25) is 14.4 Å². The maximum absolute atomic E-state index is 12.1. The van der Waals surface area contributed by atoms with Crippen molar-refractivity contribution in [3.05, 3.63) is 57.3 Å². The SMILES string of the molecule is O=C(CNC(=O)c1cccs1)OCC(=O)c1ccc2c(c1)CCC2. The Hall–Kier alpha value is -2.47. The van der Waals surface area contributed by atoms with E-state index in [1.54, 1.807) is 23.6 Å². The molecule has 1 aromatic heterocycles. The number of Topliss-reactive ketones (excluding diaryl/α,β-unsaturated/α-hetero) is 1. The van der Waals surface area contributed by atoms with E-state index in [0.717, 1.165) is 19.3 Å². The maximum atomic E-state index is 12.1. The molecule has 5 nitrogen and oxygen atoms in total. The lowest BCUT2D eigenvalue weighted by Gasteiger charge is -2.07. The van der Waals surface area contributed by atoms with E-state index in [9.17, 15) is 14.4 Å². The highest BCUT2D eigenvalue weighted by Gasteiger charge is 2.16. The molecular formula is C18H17NO4S. The van der Waals surface area contributed by atoms with E-state index in [1.807, 2.05) is 12.1 Å². The lowest BCUT2D eigenvalue weighted by molar-refractivity contribution is -0.141. The molecule has 124 valence electrons. The number of aryl methyl sites for hydroxylation is 2. The third-order valence-electron chi connectivity index (χ3n) is 3.92. The van der Waals surface area contributed by atoms with Crippen LogP contribution in [0.5, 0.6) is 0 Å². The van der Waals surface area contributed by atoms with Gasteiger partial charge in [-0.15, -0.1) is 11.3 Å². The third-order valence-corrected chi connectivity index (χ3v) is 4.79. The van der Waals surface area contributed by atoms with Gasteiger partial charge in [0.1, 0.15) is 6.54 Å². The number of esters is 1. The standard InChI is InChI=1S/C18H17NO4S/c20-15(14-7-6-12-3-1-4-13(12)9-14)11-23-17(21)10-19-18(22)16-5-2-8-24-16/h2,5-9H,1,3-4,10-11H2,(H,19,22). The molecule has 2 aromatic rings. The fourth-order valence-corrected chi connectivity index (χ4v) is 3.31. The number of carbonyl (C=O) groups excluding carboxylic acids is 3. The van der Waals surface area contributed by atoms with E-state index in [1.165, 1.54) is 22.5 Å². The summed E-state index contributed by atoms with van der Waals surface area (Å²) in [6, 6.07) is 9.06. The molecule has 1 N–H and O–H groups in total. The van der Waals surface area contributed by atoms with Crippen molar-refractivity contribution >= 4 is 29.0 Å². The summed E-state index contributed by atoms with van der Waals surface area (Å²) >= 11 is 1.29. The van der Waals surface area contributed by atoms with Gasteiger partial charge in [-0.2, -0.15) is 0 Å². The lowest BCUT2D eigenvalue weighted by atomic mass is 10.0. The third kappa shape index (κ3) is 3.89. The van der Waals surface area contributed by atoms with Gasteiger partial charge in [-0.1, -0.05) is 18.2 Å². The summed E-state index contributed by atoms with van der Waals surface area (Å²) in [4.78, 5) is 36.0. The van der Waals surface area contributed by atoms with Crippen LogP contribution < -0.4 is 5.32 Å². The predicted octanol–water partition coefficient (Wildman–Crippen LogP) is 2.39. The first-order chi connectivity index (χ1) is 11.6. The van der Waals surface area contributed by atoms with Crippen LogP contribution in [-0.4, -0.2) is 30.8 Å². The number of ketones is 1. The molecule has 0 fully saturated rings. The molecule has 0 saturated heterocycles. The molecule has 24 heavy (non-hydrogen) atoms. The Kier molecular flexibility index (Phi) is 5.05. The monoisotopic (exact) mass is 343 g/mol. The second-order valence-corrected chi connectivity index (χ2v) is 6.53. The Balaban J connectivity index is 1.45. The fraction of sp³-hybridized carbons (Fsp3) is 0.278. The zero-order chi connectivity index (χ0) is 16.9. The van der Waals surface area contributed by atoms with Crippen molar-refractivity contribution in [2.24, 2.45) is 0 Å². The second-order valence-electron chi connectivity index (χ2n) is 5.58. The largest absolute Gasteiger partial charge is 0.456 e. The number of thiophene rings is 1. The number of ether oxygens (including phenoxy) is 1. The molecule has 0 spiro atoms. The van der Waals surface area contributed by atoms with E-state index in [-0.39, 0.29) is 24.8 Å². The van der Waals surface area contributed by atoms with Gasteiger partial charge in [0.05, 0.1) is 4.88 Å². The van der Waals surface area contributed by atoms with Crippen LogP contribution in [0.25, 0.3) is 0 Å². The minimum absolute atomic E-state index is 0.234. The van der Waals surface area contributed by atoms with Crippen LogP contribution in [0.4, 0.5) is 0 Å². The van der Waals surface area contributed by atoms with Gasteiger partial charge >= 0.3 is 5.97 Å². The van der Waals surface area contributed by atoms with Gasteiger partial charge in [0.2, 0.25) is 0 Å². The van der Waals surface area contributed by atoms with Gasteiger partial charge in [0.15, 0.2) is 12.4 Å². The van der Waals surface area contributed by atoms with Gasteiger partial charge in [-0.25, -0.2) is 0 Å². The average Bonchev–Trinajstić information content (AvgIpc) is 3.27. The van der Waals surface area contributed by atoms with Crippen molar-refractivity contribution in [3.63, 3.8) is 0 Å². The highest BCUT2D eigenvalue weighted by Crippen LogP contribution is 2.23. The van der Waals surface area contributed by atoms with Crippen LogP contribution in [0.2, 0.25) is 0 Å². The van der Waals surface area contributed by atoms with Gasteiger partial charge in [0.25, 0.3) is 5.91 Å². The number of rotatable bonds is 6. The average molecular weight is 343 g/mol. The minimum atomic E-state index is -0.630. The van der Waals surface area contributed by atoms with E-state index in [2.05, 4.69) is 5.32 Å². The quantitative estimate of drug-likeness (QED) is 0.646. The van der Waals surface area contributed by atoms with Gasteiger partial charge in [0, 0.05) is 5.56 Å². The predicted molar refractivity (Wildman–Crippen MR) is 90.4 cm³/mol. The van der Waals surface area contributed by atoms with Gasteiger partial charge < -0.3 is 10.1 Å².